The van der Waals surface area contributed by atoms with E-state index in [2.05, 4.69) is 0 Å². The summed E-state index contributed by atoms with van der Waals surface area (Å²) in [6.45, 7) is 3.90. The molecule has 1 heterocycles. The predicted octanol–water partition coefficient (Wildman–Crippen LogP) is 2.80. The number of esters is 2. The third kappa shape index (κ3) is 2.60. The second-order valence-electron chi connectivity index (χ2n) is 6.41. The first kappa shape index (κ1) is 17.1. The molecule has 5 heteroatoms. The molecule has 0 saturated carbocycles. The zero-order valence-electron chi connectivity index (χ0n) is 14.9. The number of benzene rings is 1. The second kappa shape index (κ2) is 6.31. The van der Waals surface area contributed by atoms with Crippen molar-refractivity contribution in [2.24, 2.45) is 5.41 Å². The van der Waals surface area contributed by atoms with Crippen LogP contribution in [0, 0.1) is 19.3 Å². The third-order valence-corrected chi connectivity index (χ3v) is 5.04. The molecule has 1 aliphatic rings. The Morgan fingerprint density at radius 3 is 2.08 bits per heavy atom. The minimum absolute atomic E-state index is 0.260. The van der Waals surface area contributed by atoms with Crippen LogP contribution in [0.4, 0.5) is 0 Å². The maximum Gasteiger partial charge on any atom is 0.323 e. The molecule has 0 aliphatic heterocycles. The summed E-state index contributed by atoms with van der Waals surface area (Å²) < 4.78 is 9.85. The molecular weight excluding hydrogens is 318 g/mol. The number of fused-ring (bicyclic) bond motifs is 1. The highest BCUT2D eigenvalue weighted by Crippen LogP contribution is 2.43. The van der Waals surface area contributed by atoms with E-state index in [-0.39, 0.29) is 12.8 Å². The molecule has 0 bridgehead atoms. The van der Waals surface area contributed by atoms with Gasteiger partial charge in [-0.2, -0.15) is 0 Å². The Labute approximate surface area is 147 Å². The smallest absolute Gasteiger partial charge is 0.323 e. The van der Waals surface area contributed by atoms with E-state index in [0.29, 0.717) is 0 Å². The van der Waals surface area contributed by atoms with Crippen LogP contribution in [-0.2, 0) is 31.9 Å². The summed E-state index contributed by atoms with van der Waals surface area (Å²) in [5, 5.41) is 0. The van der Waals surface area contributed by atoms with Gasteiger partial charge in [0.15, 0.2) is 5.41 Å². The minimum atomic E-state index is -1.32. The van der Waals surface area contributed by atoms with Gasteiger partial charge in [0, 0.05) is 24.1 Å². The van der Waals surface area contributed by atoms with Gasteiger partial charge in [-0.25, -0.2) is 0 Å². The van der Waals surface area contributed by atoms with E-state index in [9.17, 15) is 9.59 Å². The molecule has 1 aromatic carbocycles. The van der Waals surface area contributed by atoms with Crippen molar-refractivity contribution in [3.05, 3.63) is 52.7 Å². The van der Waals surface area contributed by atoms with Gasteiger partial charge >= 0.3 is 11.9 Å². The summed E-state index contributed by atoms with van der Waals surface area (Å²) in [5.74, 6) is -1.12. The summed E-state index contributed by atoms with van der Waals surface area (Å²) in [5.41, 5.74) is 4.31. The Balaban J connectivity index is 2.15. The zero-order valence-corrected chi connectivity index (χ0v) is 14.9. The van der Waals surface area contributed by atoms with E-state index >= 15 is 0 Å². The number of rotatable bonds is 3. The number of pyridine rings is 1. The molecule has 25 heavy (non-hydrogen) atoms. The van der Waals surface area contributed by atoms with Crippen LogP contribution in [0.15, 0.2) is 30.3 Å². The normalized spacial score (nSPS) is 14.7. The van der Waals surface area contributed by atoms with E-state index in [1.54, 1.807) is 0 Å². The largest absolute Gasteiger partial charge is 0.468 e. The summed E-state index contributed by atoms with van der Waals surface area (Å²) in [4.78, 5) is 29.6. The van der Waals surface area contributed by atoms with Crippen LogP contribution in [0.1, 0.15) is 22.4 Å². The highest BCUT2D eigenvalue weighted by molar-refractivity contribution is 6.01. The first-order valence-electron chi connectivity index (χ1n) is 8.16. The van der Waals surface area contributed by atoms with Gasteiger partial charge in [-0.1, -0.05) is 30.3 Å². The Bertz CT molecular complexity index is 827. The van der Waals surface area contributed by atoms with E-state index < -0.39 is 17.4 Å². The minimum Gasteiger partial charge on any atom is -0.468 e. The summed E-state index contributed by atoms with van der Waals surface area (Å²) in [7, 11) is 2.59. The zero-order chi connectivity index (χ0) is 18.2. The fraction of sp³-hybridized carbons (Fsp3) is 0.350. The Morgan fingerprint density at radius 1 is 0.960 bits per heavy atom. The molecule has 0 fully saturated rings. The first-order valence-corrected chi connectivity index (χ1v) is 8.16. The molecule has 5 nitrogen and oxygen atoms in total. The average molecular weight is 339 g/mol. The number of methoxy groups -OCH3 is 2. The van der Waals surface area contributed by atoms with Crippen molar-refractivity contribution >= 4 is 11.9 Å². The lowest BCUT2D eigenvalue weighted by Gasteiger charge is -2.22. The molecule has 0 saturated heterocycles. The van der Waals surface area contributed by atoms with Crippen LogP contribution < -0.4 is 0 Å². The standard InChI is InChI=1S/C20H21NO4/c1-12-15-10-20(18(22)24-3,19(23)25-4)11-16(15)13(2)21-17(12)14-8-6-5-7-9-14/h5-9H,10-11H2,1-4H3. The van der Waals surface area contributed by atoms with Crippen LogP contribution in [-0.4, -0.2) is 31.1 Å². The van der Waals surface area contributed by atoms with Crippen LogP contribution in [0.5, 0.6) is 0 Å². The number of ether oxygens (including phenoxy) is 2. The number of hydrogen-bond donors (Lipinski definition) is 0. The van der Waals surface area contributed by atoms with Crippen molar-refractivity contribution in [3.8, 4) is 11.3 Å². The van der Waals surface area contributed by atoms with Crippen molar-refractivity contribution in [2.45, 2.75) is 26.7 Å². The van der Waals surface area contributed by atoms with Crippen LogP contribution >= 0.6 is 0 Å². The molecule has 3 rings (SSSR count). The molecule has 0 atom stereocenters. The summed E-state index contributed by atoms with van der Waals surface area (Å²) in [6.07, 6.45) is 0.535. The second-order valence-corrected chi connectivity index (χ2v) is 6.41. The summed E-state index contributed by atoms with van der Waals surface area (Å²) in [6, 6.07) is 9.89. The molecule has 0 radical (unpaired) electrons. The van der Waals surface area contributed by atoms with Crippen molar-refractivity contribution in [3.63, 3.8) is 0 Å². The van der Waals surface area contributed by atoms with E-state index in [4.69, 9.17) is 14.5 Å². The maximum atomic E-state index is 12.4. The lowest BCUT2D eigenvalue weighted by molar-refractivity contribution is -0.168. The van der Waals surface area contributed by atoms with Gasteiger partial charge in [-0.3, -0.25) is 14.6 Å². The van der Waals surface area contributed by atoms with Crippen molar-refractivity contribution < 1.29 is 19.1 Å². The Morgan fingerprint density at radius 2 is 1.52 bits per heavy atom. The molecule has 1 aromatic heterocycles. The number of hydrogen-bond acceptors (Lipinski definition) is 5. The van der Waals surface area contributed by atoms with Gasteiger partial charge in [0.2, 0.25) is 0 Å². The molecule has 2 aromatic rings. The van der Waals surface area contributed by atoms with Gasteiger partial charge in [0.05, 0.1) is 19.9 Å². The van der Waals surface area contributed by atoms with Crippen molar-refractivity contribution in [1.82, 2.24) is 4.98 Å². The maximum absolute atomic E-state index is 12.4. The summed E-state index contributed by atoms with van der Waals surface area (Å²) >= 11 is 0. The fourth-order valence-corrected chi connectivity index (χ4v) is 3.69. The molecule has 130 valence electrons. The lowest BCUT2D eigenvalue weighted by Crippen LogP contribution is -2.42. The average Bonchev–Trinajstić information content (AvgIpc) is 3.07. The monoisotopic (exact) mass is 339 g/mol. The van der Waals surface area contributed by atoms with Gasteiger partial charge in [0.1, 0.15) is 0 Å². The molecule has 0 spiro atoms. The van der Waals surface area contributed by atoms with Gasteiger partial charge in [-0.15, -0.1) is 0 Å². The first-order chi connectivity index (χ1) is 11.9. The number of aryl methyl sites for hydroxylation is 1. The number of aromatic nitrogens is 1. The third-order valence-electron chi connectivity index (χ3n) is 5.04. The van der Waals surface area contributed by atoms with Crippen LogP contribution in [0.25, 0.3) is 11.3 Å². The van der Waals surface area contributed by atoms with Gasteiger partial charge in [0.25, 0.3) is 0 Å². The number of nitrogens with zero attached hydrogens (tertiary/aromatic N) is 1. The van der Waals surface area contributed by atoms with Crippen LogP contribution in [0.2, 0.25) is 0 Å². The predicted molar refractivity (Wildman–Crippen MR) is 93.0 cm³/mol. The number of carbonyl (C=O) groups excluding carboxylic acids is 2. The van der Waals surface area contributed by atoms with E-state index in [1.807, 2.05) is 44.2 Å². The fourth-order valence-electron chi connectivity index (χ4n) is 3.69. The quantitative estimate of drug-likeness (QED) is 0.635. The Hall–Kier alpha value is -2.69. The molecule has 0 amide bonds. The topological polar surface area (TPSA) is 65.5 Å². The van der Waals surface area contributed by atoms with Crippen LogP contribution in [0.3, 0.4) is 0 Å². The molecule has 0 N–H and O–H groups in total. The van der Waals surface area contributed by atoms with Gasteiger partial charge in [-0.05, 0) is 30.5 Å². The van der Waals surface area contributed by atoms with Crippen molar-refractivity contribution in [1.29, 1.82) is 0 Å². The highest BCUT2D eigenvalue weighted by Gasteiger charge is 2.53. The number of carbonyl (C=O) groups is 2. The van der Waals surface area contributed by atoms with Crippen molar-refractivity contribution in [2.75, 3.05) is 14.2 Å². The molecule has 1 aliphatic carbocycles. The highest BCUT2D eigenvalue weighted by atomic mass is 16.5. The van der Waals surface area contributed by atoms with E-state index in [1.165, 1.54) is 14.2 Å². The lowest BCUT2D eigenvalue weighted by atomic mass is 9.84. The molecule has 0 unspecified atom stereocenters. The van der Waals surface area contributed by atoms with Gasteiger partial charge < -0.3 is 9.47 Å². The Kier molecular flexibility index (Phi) is 4.33. The molecular formula is C20H21NO4. The van der Waals surface area contributed by atoms with E-state index in [0.717, 1.165) is 33.6 Å². The SMILES string of the molecule is COC(=O)C1(C(=O)OC)Cc2c(C)nc(-c3ccccc3)c(C)c2C1.